The van der Waals surface area contributed by atoms with E-state index in [-0.39, 0.29) is 26.5 Å². The van der Waals surface area contributed by atoms with E-state index in [0.29, 0.717) is 11.5 Å². The number of nitrogens with zero attached hydrogens (tertiary/aromatic N) is 4. The number of pyridine rings is 1. The molecule has 0 atom stereocenters. The molecule has 3 aromatic heterocycles. The summed E-state index contributed by atoms with van der Waals surface area (Å²) in [6.07, 6.45) is 1.86. The van der Waals surface area contributed by atoms with E-state index in [4.69, 9.17) is 14.8 Å². The van der Waals surface area contributed by atoms with Crippen molar-refractivity contribution in [1.82, 2.24) is 19.3 Å². The molecule has 6 heteroatoms. The van der Waals surface area contributed by atoms with Gasteiger partial charge in [-0.15, -0.1) is 35.7 Å². The number of hydrogen-bond donors (Lipinski definition) is 0. The summed E-state index contributed by atoms with van der Waals surface area (Å²) < 4.78 is 10.5. The molecule has 0 saturated heterocycles. The molecule has 0 aliphatic heterocycles. The van der Waals surface area contributed by atoms with Gasteiger partial charge in [0.1, 0.15) is 5.82 Å². The van der Waals surface area contributed by atoms with Gasteiger partial charge in [-0.1, -0.05) is 68.8 Å². The first-order valence-electron chi connectivity index (χ1n) is 14.9. The predicted octanol–water partition coefficient (Wildman–Crippen LogP) is 9.64. The third-order valence-electron chi connectivity index (χ3n) is 8.20. The maximum absolute atomic E-state index is 6.41. The van der Waals surface area contributed by atoms with Crippen LogP contribution in [0.5, 0.6) is 11.5 Å². The summed E-state index contributed by atoms with van der Waals surface area (Å²) in [7, 11) is 0. The summed E-state index contributed by atoms with van der Waals surface area (Å²) in [6, 6.07) is 38.2. The van der Waals surface area contributed by atoms with Crippen LogP contribution in [0.2, 0.25) is 0 Å². The minimum Gasteiger partial charge on any atom is -0.509 e. The summed E-state index contributed by atoms with van der Waals surface area (Å²) in [5, 5.41) is 7.14. The second-order valence-corrected chi connectivity index (χ2v) is 12.4. The molecule has 0 radical (unpaired) electrons. The quantitative estimate of drug-likeness (QED) is 0.164. The summed E-state index contributed by atoms with van der Waals surface area (Å²) in [5.74, 6) is 2.06. The molecule has 0 amide bonds. The van der Waals surface area contributed by atoms with Gasteiger partial charge >= 0.3 is 21.1 Å². The molecule has 226 valence electrons. The van der Waals surface area contributed by atoms with E-state index in [9.17, 15) is 0 Å². The van der Waals surface area contributed by atoms with Gasteiger partial charge in [0.05, 0.1) is 5.69 Å². The Bertz CT molecular complexity index is 2170. The normalized spacial score (nSPS) is 11.6. The summed E-state index contributed by atoms with van der Waals surface area (Å²) in [6.45, 7) is 13.0. The van der Waals surface area contributed by atoms with Crippen molar-refractivity contribution < 1.29 is 25.8 Å². The standard InChI is InChI=1S/C39H34N4O.Pt/c1-25-19-20-40-37(21-25)42-35-18-15-29(39(4,5)6)22-34(35)33-17-16-32(24-36(33)42)44-31-14-10-13-30(23-31)43-27(3)38(26(2)41-43)28-11-8-7-9-12-28;/h7-22H,1-6H3;/q-2;+2. The second kappa shape index (κ2) is 11.8. The largest absolute Gasteiger partial charge is 2.00 e. The number of hydrogen-bond acceptors (Lipinski definition) is 3. The zero-order valence-electron chi connectivity index (χ0n) is 26.3. The summed E-state index contributed by atoms with van der Waals surface area (Å²) in [5.41, 5.74) is 9.61. The van der Waals surface area contributed by atoms with Gasteiger partial charge in [0.25, 0.3) is 0 Å². The van der Waals surface area contributed by atoms with Gasteiger partial charge in [0.15, 0.2) is 0 Å². The molecule has 0 unspecified atom stereocenters. The molecule has 4 aromatic carbocycles. The molecule has 0 aliphatic carbocycles. The van der Waals surface area contributed by atoms with Crippen LogP contribution in [-0.2, 0) is 26.5 Å². The molecular formula is C39H34N4OPt. The molecule has 45 heavy (non-hydrogen) atoms. The Balaban J connectivity index is 0.00000357. The number of aromatic nitrogens is 4. The fourth-order valence-corrected chi connectivity index (χ4v) is 5.97. The van der Waals surface area contributed by atoms with Crippen molar-refractivity contribution in [1.29, 1.82) is 0 Å². The zero-order valence-corrected chi connectivity index (χ0v) is 28.5. The Morgan fingerprint density at radius 2 is 1.53 bits per heavy atom. The molecule has 5 nitrogen and oxygen atoms in total. The number of fused-ring (bicyclic) bond motifs is 3. The third-order valence-corrected chi connectivity index (χ3v) is 8.20. The Labute approximate surface area is 278 Å². The number of aryl methyl sites for hydroxylation is 2. The minimum atomic E-state index is 0. The summed E-state index contributed by atoms with van der Waals surface area (Å²) in [4.78, 5) is 4.74. The topological polar surface area (TPSA) is 44.9 Å². The molecule has 0 N–H and O–H groups in total. The van der Waals surface area contributed by atoms with Crippen LogP contribution in [0.25, 0.3) is 44.4 Å². The van der Waals surface area contributed by atoms with Gasteiger partial charge in [-0.3, -0.25) is 4.68 Å². The maximum Gasteiger partial charge on any atom is 2.00 e. The second-order valence-electron chi connectivity index (χ2n) is 12.4. The van der Waals surface area contributed by atoms with Crippen LogP contribution in [0.4, 0.5) is 0 Å². The van der Waals surface area contributed by atoms with Crippen LogP contribution in [0.3, 0.4) is 0 Å². The molecular weight excluding hydrogens is 736 g/mol. The van der Waals surface area contributed by atoms with Crippen molar-refractivity contribution in [2.24, 2.45) is 0 Å². The van der Waals surface area contributed by atoms with E-state index >= 15 is 0 Å². The first-order valence-corrected chi connectivity index (χ1v) is 14.9. The number of benzene rings is 4. The average molecular weight is 770 g/mol. The van der Waals surface area contributed by atoms with Crippen LogP contribution in [0, 0.1) is 32.9 Å². The molecule has 0 bridgehead atoms. The van der Waals surface area contributed by atoms with Gasteiger partial charge in [0.2, 0.25) is 0 Å². The van der Waals surface area contributed by atoms with E-state index in [1.165, 1.54) is 10.9 Å². The van der Waals surface area contributed by atoms with Crippen molar-refractivity contribution >= 4 is 21.8 Å². The van der Waals surface area contributed by atoms with Crippen molar-refractivity contribution in [3.8, 4) is 34.1 Å². The van der Waals surface area contributed by atoms with Gasteiger partial charge in [-0.05, 0) is 72.1 Å². The first-order chi connectivity index (χ1) is 21.2. The van der Waals surface area contributed by atoms with Crippen LogP contribution in [0.15, 0.2) is 97.2 Å². The first kappa shape index (κ1) is 30.6. The van der Waals surface area contributed by atoms with Crippen LogP contribution < -0.4 is 4.74 Å². The monoisotopic (exact) mass is 769 g/mol. The Hall–Kier alpha value is -4.47. The van der Waals surface area contributed by atoms with E-state index in [0.717, 1.165) is 56.0 Å². The zero-order chi connectivity index (χ0) is 30.6. The molecule has 7 aromatic rings. The number of ether oxygens (including phenoxy) is 1. The van der Waals surface area contributed by atoms with Gasteiger partial charge in [0, 0.05) is 34.5 Å². The fraction of sp³-hybridized carbons (Fsp3) is 0.179. The van der Waals surface area contributed by atoms with E-state index in [2.05, 4.69) is 106 Å². The average Bonchev–Trinajstić information content (AvgIpc) is 3.49. The van der Waals surface area contributed by atoms with E-state index in [1.807, 2.05) is 54.2 Å². The molecule has 0 saturated carbocycles. The Morgan fingerprint density at radius 3 is 2.29 bits per heavy atom. The molecule has 0 aliphatic rings. The number of rotatable bonds is 5. The maximum atomic E-state index is 6.41. The van der Waals surface area contributed by atoms with Gasteiger partial charge in [-0.2, -0.15) is 17.2 Å². The van der Waals surface area contributed by atoms with Crippen molar-refractivity contribution in [2.45, 2.75) is 47.0 Å². The fourth-order valence-electron chi connectivity index (χ4n) is 5.97. The molecule has 0 fully saturated rings. The van der Waals surface area contributed by atoms with Crippen molar-refractivity contribution in [3.63, 3.8) is 0 Å². The van der Waals surface area contributed by atoms with E-state index in [1.54, 1.807) is 0 Å². The van der Waals surface area contributed by atoms with Gasteiger partial charge < -0.3 is 9.30 Å². The molecule has 7 rings (SSSR count). The molecule has 3 heterocycles. The van der Waals surface area contributed by atoms with Gasteiger partial charge in [-0.25, -0.2) is 4.98 Å². The minimum absolute atomic E-state index is 0. The van der Waals surface area contributed by atoms with Crippen LogP contribution in [-0.4, -0.2) is 19.3 Å². The Morgan fingerprint density at radius 1 is 0.756 bits per heavy atom. The SMILES string of the molecule is Cc1ccnc(-n2c3[c-]c(Oc4[c-]c(-n5nc(C)c(-c6ccccc6)c5C)ccc4)ccc3c3cc(C(C)(C)C)ccc32)c1.[Pt+2]. The Kier molecular flexibility index (Phi) is 8.01. The predicted molar refractivity (Wildman–Crippen MR) is 178 cm³/mol. The molecule has 0 spiro atoms. The van der Waals surface area contributed by atoms with Crippen LogP contribution in [0.1, 0.15) is 43.3 Å². The summed E-state index contributed by atoms with van der Waals surface area (Å²) >= 11 is 0. The van der Waals surface area contributed by atoms with E-state index < -0.39 is 0 Å². The van der Waals surface area contributed by atoms with Crippen molar-refractivity contribution in [3.05, 3.63) is 132 Å². The van der Waals surface area contributed by atoms with Crippen LogP contribution >= 0.6 is 0 Å². The third kappa shape index (κ3) is 5.62. The van der Waals surface area contributed by atoms with Crippen molar-refractivity contribution in [2.75, 3.05) is 0 Å². The smallest absolute Gasteiger partial charge is 0.509 e.